The van der Waals surface area contributed by atoms with Gasteiger partial charge in [-0.2, -0.15) is 0 Å². The minimum Gasteiger partial charge on any atom is -0.872 e. The fraction of sp³-hybridized carbons (Fsp3) is 0.158. The second-order valence-corrected chi connectivity index (χ2v) is 6.85. The molecule has 2 aromatic carbocycles. The quantitative estimate of drug-likeness (QED) is 0.398. The second-order valence-electron chi connectivity index (χ2n) is 5.59. The summed E-state index contributed by atoms with van der Waals surface area (Å²) < 4.78 is 5.98. The van der Waals surface area contributed by atoms with Gasteiger partial charge in [0.25, 0.3) is 0 Å². The van der Waals surface area contributed by atoms with Crippen LogP contribution in [0.15, 0.2) is 58.6 Å². The summed E-state index contributed by atoms with van der Waals surface area (Å²) in [4.78, 5) is 12.8. The minimum absolute atomic E-state index is 0. The van der Waals surface area contributed by atoms with Crippen LogP contribution in [0, 0.1) is 0 Å². The third-order valence-corrected chi connectivity index (χ3v) is 4.85. The number of thiocarbonyl (C=S) groups is 1. The van der Waals surface area contributed by atoms with Crippen molar-refractivity contribution in [2.45, 2.75) is 13.0 Å². The standard InChI is InChI=1S/C19H17BrN2O3S.Li/c1-2-25-18(24)15-16(11-6-4-3-5-7-11)21-19(26)22-17(15)13-10-12(23)8-9-14(13)20;/h3-10,17,23H,2H2,1H3,(H2,21,22,26);/q;+1/p-1. The van der Waals surface area contributed by atoms with Gasteiger partial charge < -0.3 is 20.5 Å². The Labute approximate surface area is 183 Å². The van der Waals surface area contributed by atoms with E-state index >= 15 is 0 Å². The van der Waals surface area contributed by atoms with E-state index in [0.717, 1.165) is 5.56 Å². The normalized spacial score (nSPS) is 16.1. The van der Waals surface area contributed by atoms with Crippen LogP contribution < -0.4 is 34.6 Å². The summed E-state index contributed by atoms with van der Waals surface area (Å²) in [6.07, 6.45) is 0. The van der Waals surface area contributed by atoms with Gasteiger partial charge in [0.15, 0.2) is 5.11 Å². The van der Waals surface area contributed by atoms with Crippen molar-refractivity contribution in [3.63, 3.8) is 0 Å². The minimum atomic E-state index is -0.610. The molecule has 1 aliphatic rings. The first-order chi connectivity index (χ1) is 12.5. The van der Waals surface area contributed by atoms with Gasteiger partial charge in [-0.25, -0.2) is 4.79 Å². The van der Waals surface area contributed by atoms with Crippen molar-refractivity contribution in [3.8, 4) is 5.75 Å². The molecule has 1 atom stereocenters. The third kappa shape index (κ3) is 4.74. The number of benzene rings is 2. The van der Waals surface area contributed by atoms with E-state index in [2.05, 4.69) is 26.6 Å². The predicted molar refractivity (Wildman–Crippen MR) is 105 cm³/mol. The first-order valence-corrected chi connectivity index (χ1v) is 9.22. The van der Waals surface area contributed by atoms with Crippen LogP contribution in [0.1, 0.15) is 24.1 Å². The van der Waals surface area contributed by atoms with Crippen molar-refractivity contribution in [3.05, 3.63) is 69.7 Å². The monoisotopic (exact) mass is 438 g/mol. The fourth-order valence-corrected chi connectivity index (χ4v) is 3.50. The molecule has 2 N–H and O–H groups in total. The van der Waals surface area contributed by atoms with Gasteiger partial charge in [0.1, 0.15) is 0 Å². The molecule has 0 saturated heterocycles. The van der Waals surface area contributed by atoms with Gasteiger partial charge in [0, 0.05) is 4.47 Å². The number of halogens is 1. The number of esters is 1. The fourth-order valence-electron chi connectivity index (χ4n) is 2.80. The molecule has 0 bridgehead atoms. The number of ether oxygens (including phenoxy) is 1. The van der Waals surface area contributed by atoms with E-state index < -0.39 is 12.0 Å². The zero-order valence-corrected chi connectivity index (χ0v) is 17.3. The largest absolute Gasteiger partial charge is 1.00 e. The summed E-state index contributed by atoms with van der Waals surface area (Å²) in [6, 6.07) is 13.4. The maximum atomic E-state index is 12.8. The molecule has 5 nitrogen and oxygen atoms in total. The van der Waals surface area contributed by atoms with E-state index in [1.165, 1.54) is 12.1 Å². The molecule has 3 rings (SSSR count). The van der Waals surface area contributed by atoms with Crippen molar-refractivity contribution < 1.29 is 33.5 Å². The van der Waals surface area contributed by atoms with Crippen molar-refractivity contribution in [2.24, 2.45) is 0 Å². The zero-order valence-electron chi connectivity index (χ0n) is 14.9. The Kier molecular flexibility index (Phi) is 7.51. The van der Waals surface area contributed by atoms with Gasteiger partial charge in [-0.15, -0.1) is 5.75 Å². The Morgan fingerprint density at radius 1 is 1.26 bits per heavy atom. The molecule has 134 valence electrons. The Balaban J connectivity index is 0.00000261. The van der Waals surface area contributed by atoms with Crippen LogP contribution in [0.4, 0.5) is 0 Å². The maximum Gasteiger partial charge on any atom is 1.00 e. The van der Waals surface area contributed by atoms with E-state index in [4.69, 9.17) is 17.0 Å². The molecule has 0 aromatic heterocycles. The first kappa shape index (κ1) is 21.5. The van der Waals surface area contributed by atoms with Gasteiger partial charge in [-0.05, 0) is 36.3 Å². The molecular formula is C19H16BrLiN2O3S. The van der Waals surface area contributed by atoms with E-state index in [9.17, 15) is 9.90 Å². The third-order valence-electron chi connectivity index (χ3n) is 3.91. The average molecular weight is 439 g/mol. The molecule has 0 fully saturated rings. The summed E-state index contributed by atoms with van der Waals surface area (Å²) in [6.45, 7) is 1.99. The van der Waals surface area contributed by atoms with Crippen LogP contribution in [0.3, 0.4) is 0 Å². The Morgan fingerprint density at radius 2 is 1.96 bits per heavy atom. The smallest absolute Gasteiger partial charge is 0.872 e. The van der Waals surface area contributed by atoms with Gasteiger partial charge in [0.05, 0.1) is 23.9 Å². The number of hydrogen-bond acceptors (Lipinski definition) is 4. The summed E-state index contributed by atoms with van der Waals surface area (Å²) >= 11 is 8.80. The van der Waals surface area contributed by atoms with E-state index in [1.54, 1.807) is 13.0 Å². The van der Waals surface area contributed by atoms with Crippen LogP contribution in [-0.2, 0) is 9.53 Å². The Bertz CT molecular complexity index is 890. The molecular weight excluding hydrogens is 423 g/mol. The number of hydrogen-bond donors (Lipinski definition) is 2. The van der Waals surface area contributed by atoms with Crippen LogP contribution in [-0.4, -0.2) is 17.7 Å². The average Bonchev–Trinajstić information content (AvgIpc) is 2.64. The molecule has 0 spiro atoms. The van der Waals surface area contributed by atoms with Gasteiger partial charge >= 0.3 is 24.8 Å². The number of carbonyl (C=O) groups excluding carboxylic acids is 1. The molecule has 8 heteroatoms. The maximum absolute atomic E-state index is 12.8. The summed E-state index contributed by atoms with van der Waals surface area (Å²) in [7, 11) is 0. The molecule has 1 unspecified atom stereocenters. The summed E-state index contributed by atoms with van der Waals surface area (Å²) in [5.41, 5.74) is 2.37. The SMILES string of the molecule is CCOC(=O)C1=C(c2ccccc2)NC(=S)NC1c1cc([O-])ccc1Br.[Li+]. The van der Waals surface area contributed by atoms with Crippen molar-refractivity contribution in [2.75, 3.05) is 6.61 Å². The molecule has 1 aliphatic heterocycles. The summed E-state index contributed by atoms with van der Waals surface area (Å²) in [5.74, 6) is -0.624. The molecule has 0 aliphatic carbocycles. The van der Waals surface area contributed by atoms with Gasteiger partial charge in [-0.1, -0.05) is 58.4 Å². The number of rotatable bonds is 4. The molecule has 0 saturated carbocycles. The molecule has 0 amide bonds. The van der Waals surface area contributed by atoms with E-state index in [1.807, 2.05) is 30.3 Å². The van der Waals surface area contributed by atoms with Gasteiger partial charge in [-0.3, -0.25) is 0 Å². The van der Waals surface area contributed by atoms with Crippen LogP contribution in [0.5, 0.6) is 5.75 Å². The second kappa shape index (κ2) is 9.42. The first-order valence-electron chi connectivity index (χ1n) is 8.02. The van der Waals surface area contributed by atoms with Gasteiger partial charge in [0.2, 0.25) is 0 Å². The van der Waals surface area contributed by atoms with Crippen molar-refractivity contribution >= 4 is 44.9 Å². The van der Waals surface area contributed by atoms with Crippen molar-refractivity contribution in [1.82, 2.24) is 10.6 Å². The Hall–Kier alpha value is -1.78. The molecule has 2 aromatic rings. The van der Waals surface area contributed by atoms with Crippen LogP contribution >= 0.6 is 28.1 Å². The molecule has 0 radical (unpaired) electrons. The zero-order chi connectivity index (χ0) is 18.7. The topological polar surface area (TPSA) is 73.4 Å². The molecule has 27 heavy (non-hydrogen) atoms. The number of nitrogens with one attached hydrogen (secondary N) is 2. The van der Waals surface area contributed by atoms with E-state index in [-0.39, 0.29) is 31.2 Å². The predicted octanol–water partition coefficient (Wildman–Crippen LogP) is 0.0199. The van der Waals surface area contributed by atoms with Crippen molar-refractivity contribution in [1.29, 1.82) is 0 Å². The summed E-state index contributed by atoms with van der Waals surface area (Å²) in [5, 5.41) is 18.4. The van der Waals surface area contributed by atoms with E-state index in [0.29, 0.717) is 26.4 Å². The Morgan fingerprint density at radius 3 is 2.63 bits per heavy atom. The molecule has 1 heterocycles. The number of carbonyl (C=O) groups is 1. The van der Waals surface area contributed by atoms with Crippen LogP contribution in [0.2, 0.25) is 0 Å². The van der Waals surface area contributed by atoms with Crippen LogP contribution in [0.25, 0.3) is 5.70 Å².